The van der Waals surface area contributed by atoms with Gasteiger partial charge in [-0.1, -0.05) is 42.0 Å². The van der Waals surface area contributed by atoms with Gasteiger partial charge < -0.3 is 10.3 Å². The number of aryl methyl sites for hydroxylation is 1. The number of hydrogen-bond donors (Lipinski definition) is 1. The van der Waals surface area contributed by atoms with Crippen LogP contribution in [-0.4, -0.2) is 4.57 Å². The second kappa shape index (κ2) is 4.90. The van der Waals surface area contributed by atoms with Crippen molar-refractivity contribution >= 4 is 10.9 Å². The Kier molecular flexibility index (Phi) is 3.10. The molecule has 0 aliphatic rings. The number of benzene rings is 2. The summed E-state index contributed by atoms with van der Waals surface area (Å²) in [5, 5.41) is 1.26. The Bertz CT molecular complexity index is 710. The molecule has 0 amide bonds. The van der Waals surface area contributed by atoms with Gasteiger partial charge in [-0.15, -0.1) is 0 Å². The van der Waals surface area contributed by atoms with Gasteiger partial charge in [0.2, 0.25) is 0 Å². The summed E-state index contributed by atoms with van der Waals surface area (Å²) in [5.74, 6) is 0. The quantitative estimate of drug-likeness (QED) is 0.758. The molecule has 3 rings (SSSR count). The van der Waals surface area contributed by atoms with Gasteiger partial charge >= 0.3 is 0 Å². The van der Waals surface area contributed by atoms with Crippen LogP contribution in [0.2, 0.25) is 0 Å². The molecule has 2 heteroatoms. The van der Waals surface area contributed by atoms with Gasteiger partial charge in [-0.3, -0.25) is 0 Å². The molecular weight excluding hydrogens is 232 g/mol. The van der Waals surface area contributed by atoms with Crippen molar-refractivity contribution in [1.82, 2.24) is 4.57 Å². The first-order valence-electron chi connectivity index (χ1n) is 6.60. The van der Waals surface area contributed by atoms with Gasteiger partial charge in [0.1, 0.15) is 0 Å². The first-order valence-corrected chi connectivity index (χ1v) is 6.60. The smallest absolute Gasteiger partial charge is 0.0486 e. The molecule has 19 heavy (non-hydrogen) atoms. The minimum absolute atomic E-state index is 0.589. The molecule has 0 fully saturated rings. The van der Waals surface area contributed by atoms with E-state index in [1.165, 1.54) is 27.6 Å². The van der Waals surface area contributed by atoms with E-state index in [1.54, 1.807) is 0 Å². The maximum absolute atomic E-state index is 5.79. The summed E-state index contributed by atoms with van der Waals surface area (Å²) < 4.78 is 2.28. The number of hydrogen-bond acceptors (Lipinski definition) is 1. The van der Waals surface area contributed by atoms with Crippen LogP contribution in [0.1, 0.15) is 16.7 Å². The predicted octanol–water partition coefficient (Wildman–Crippen LogP) is 3.46. The van der Waals surface area contributed by atoms with Gasteiger partial charge in [0.05, 0.1) is 0 Å². The van der Waals surface area contributed by atoms with Gasteiger partial charge in [-0.2, -0.15) is 0 Å². The molecule has 3 aromatic rings. The average molecular weight is 250 g/mol. The summed E-state index contributed by atoms with van der Waals surface area (Å²) in [4.78, 5) is 0. The molecule has 0 bridgehead atoms. The Morgan fingerprint density at radius 3 is 2.68 bits per heavy atom. The third-order valence-electron chi connectivity index (χ3n) is 3.56. The highest BCUT2D eigenvalue weighted by Crippen LogP contribution is 2.21. The molecule has 0 spiro atoms. The van der Waals surface area contributed by atoms with Crippen molar-refractivity contribution in [2.45, 2.75) is 20.0 Å². The molecule has 2 aromatic carbocycles. The molecule has 0 saturated carbocycles. The number of nitrogens with zero attached hydrogens (tertiary/aromatic N) is 1. The van der Waals surface area contributed by atoms with E-state index in [0.29, 0.717) is 6.54 Å². The van der Waals surface area contributed by atoms with Crippen LogP contribution in [-0.2, 0) is 13.1 Å². The summed E-state index contributed by atoms with van der Waals surface area (Å²) in [6, 6.07) is 17.1. The Labute approximate surface area is 113 Å². The van der Waals surface area contributed by atoms with E-state index >= 15 is 0 Å². The van der Waals surface area contributed by atoms with Gasteiger partial charge in [-0.05, 0) is 30.2 Å². The van der Waals surface area contributed by atoms with E-state index in [1.807, 2.05) is 0 Å². The molecule has 96 valence electrons. The molecule has 1 aromatic heterocycles. The summed E-state index contributed by atoms with van der Waals surface area (Å²) in [6.07, 6.45) is 2.14. The Morgan fingerprint density at radius 1 is 1.05 bits per heavy atom. The highest BCUT2D eigenvalue weighted by molar-refractivity contribution is 5.83. The van der Waals surface area contributed by atoms with Crippen LogP contribution < -0.4 is 5.73 Å². The molecule has 1 heterocycles. The van der Waals surface area contributed by atoms with E-state index in [4.69, 9.17) is 5.73 Å². The van der Waals surface area contributed by atoms with Crippen molar-refractivity contribution in [1.29, 1.82) is 0 Å². The second-order valence-electron chi connectivity index (χ2n) is 4.99. The van der Waals surface area contributed by atoms with Crippen LogP contribution in [0, 0.1) is 6.92 Å². The van der Waals surface area contributed by atoms with Crippen LogP contribution in [0.25, 0.3) is 10.9 Å². The number of rotatable bonds is 3. The topological polar surface area (TPSA) is 30.9 Å². The third-order valence-corrected chi connectivity index (χ3v) is 3.56. The summed E-state index contributed by atoms with van der Waals surface area (Å²) in [5.41, 5.74) is 10.9. The van der Waals surface area contributed by atoms with Crippen molar-refractivity contribution in [3.05, 3.63) is 71.4 Å². The molecule has 2 nitrogen and oxygen atoms in total. The Hall–Kier alpha value is -2.06. The number of aromatic nitrogens is 1. The molecule has 0 aliphatic heterocycles. The SMILES string of the molecule is Cc1cccc(Cn2ccc3c(CN)cccc32)c1. The highest BCUT2D eigenvalue weighted by atomic mass is 14.9. The minimum atomic E-state index is 0.589. The van der Waals surface area contributed by atoms with Crippen LogP contribution in [0.3, 0.4) is 0 Å². The zero-order chi connectivity index (χ0) is 13.2. The lowest BCUT2D eigenvalue weighted by Crippen LogP contribution is -1.99. The van der Waals surface area contributed by atoms with Crippen molar-refractivity contribution < 1.29 is 0 Å². The maximum Gasteiger partial charge on any atom is 0.0486 e. The maximum atomic E-state index is 5.79. The molecule has 0 atom stereocenters. The minimum Gasteiger partial charge on any atom is -0.343 e. The lowest BCUT2D eigenvalue weighted by Gasteiger charge is -2.07. The molecule has 0 saturated heterocycles. The van der Waals surface area contributed by atoms with E-state index in [0.717, 1.165) is 6.54 Å². The van der Waals surface area contributed by atoms with E-state index in [2.05, 4.69) is 66.2 Å². The van der Waals surface area contributed by atoms with E-state index in [-0.39, 0.29) is 0 Å². The lowest BCUT2D eigenvalue weighted by molar-refractivity contribution is 0.835. The van der Waals surface area contributed by atoms with E-state index < -0.39 is 0 Å². The van der Waals surface area contributed by atoms with Crippen molar-refractivity contribution in [2.75, 3.05) is 0 Å². The zero-order valence-corrected chi connectivity index (χ0v) is 11.1. The van der Waals surface area contributed by atoms with E-state index in [9.17, 15) is 0 Å². The first-order chi connectivity index (χ1) is 9.28. The number of nitrogens with two attached hydrogens (primary N) is 1. The molecular formula is C17H18N2. The lowest BCUT2D eigenvalue weighted by atomic mass is 10.1. The summed E-state index contributed by atoms with van der Waals surface area (Å²) >= 11 is 0. The van der Waals surface area contributed by atoms with Crippen molar-refractivity contribution in [3.8, 4) is 0 Å². The average Bonchev–Trinajstić information content (AvgIpc) is 2.82. The van der Waals surface area contributed by atoms with Crippen LogP contribution >= 0.6 is 0 Å². The summed E-state index contributed by atoms with van der Waals surface area (Å²) in [7, 11) is 0. The monoisotopic (exact) mass is 250 g/mol. The fraction of sp³-hybridized carbons (Fsp3) is 0.176. The van der Waals surface area contributed by atoms with Gasteiger partial charge in [0.15, 0.2) is 0 Å². The Balaban J connectivity index is 2.02. The van der Waals surface area contributed by atoms with Crippen molar-refractivity contribution in [3.63, 3.8) is 0 Å². The molecule has 0 unspecified atom stereocenters. The van der Waals surface area contributed by atoms with Crippen LogP contribution in [0.15, 0.2) is 54.7 Å². The first kappa shape index (κ1) is 12.0. The highest BCUT2D eigenvalue weighted by Gasteiger charge is 2.05. The molecule has 0 radical (unpaired) electrons. The predicted molar refractivity (Wildman–Crippen MR) is 80.1 cm³/mol. The molecule has 0 aliphatic carbocycles. The Morgan fingerprint density at radius 2 is 1.89 bits per heavy atom. The number of fused-ring (bicyclic) bond motifs is 1. The van der Waals surface area contributed by atoms with Crippen LogP contribution in [0.5, 0.6) is 0 Å². The summed E-state index contributed by atoms with van der Waals surface area (Å²) in [6.45, 7) is 3.62. The largest absolute Gasteiger partial charge is 0.343 e. The van der Waals surface area contributed by atoms with Gasteiger partial charge in [-0.25, -0.2) is 0 Å². The fourth-order valence-corrected chi connectivity index (χ4v) is 2.61. The third kappa shape index (κ3) is 2.27. The second-order valence-corrected chi connectivity index (χ2v) is 4.99. The van der Waals surface area contributed by atoms with Crippen molar-refractivity contribution in [2.24, 2.45) is 5.73 Å². The fourth-order valence-electron chi connectivity index (χ4n) is 2.61. The van der Waals surface area contributed by atoms with Gasteiger partial charge in [0.25, 0.3) is 0 Å². The van der Waals surface area contributed by atoms with Crippen LogP contribution in [0.4, 0.5) is 0 Å². The standard InChI is InChI=1S/C17H18N2/c1-13-4-2-5-14(10-13)12-19-9-8-16-15(11-18)6-3-7-17(16)19/h2-10H,11-12,18H2,1H3. The normalized spacial score (nSPS) is 11.1. The molecule has 2 N–H and O–H groups in total. The zero-order valence-electron chi connectivity index (χ0n) is 11.1. The van der Waals surface area contributed by atoms with Gasteiger partial charge in [0, 0.05) is 30.2 Å².